The van der Waals surface area contributed by atoms with Gasteiger partial charge in [0.05, 0.1) is 23.7 Å². The van der Waals surface area contributed by atoms with E-state index in [9.17, 15) is 27.2 Å². The largest absolute Gasteiger partial charge is 0.416 e. The molecule has 0 spiro atoms. The summed E-state index contributed by atoms with van der Waals surface area (Å²) >= 11 is 0. The predicted molar refractivity (Wildman–Crippen MR) is 153 cm³/mol. The zero-order valence-electron chi connectivity index (χ0n) is 23.7. The van der Waals surface area contributed by atoms with Crippen molar-refractivity contribution < 1.29 is 36.2 Å². The first-order valence-corrected chi connectivity index (χ1v) is 15.0. The number of benzene rings is 2. The molecule has 2 aliphatic heterocycles. The predicted octanol–water partition coefficient (Wildman–Crippen LogP) is 4.73. The SMILES string of the molecule is C=CC(=O)N1[C@H](C)CN(c2nc(=O)n3c4c(cc(C(F)(F)F)cc24)[SH](c2ccc(F)cc2F)C[C@H](OCOC)C3)C[C@@H]1C. The molecular weight excluding hydrogens is 595 g/mol. The second kappa shape index (κ2) is 11.9. The smallest absolute Gasteiger partial charge is 0.359 e. The molecule has 0 radical (unpaired) electrons. The monoisotopic (exact) mass is 626 g/mol. The Balaban J connectivity index is 1.78. The second-order valence-electron chi connectivity index (χ2n) is 10.7. The van der Waals surface area contributed by atoms with Gasteiger partial charge in [0.1, 0.15) is 24.2 Å². The minimum absolute atomic E-state index is 0.0288. The van der Waals surface area contributed by atoms with Crippen molar-refractivity contribution in [1.82, 2.24) is 14.5 Å². The van der Waals surface area contributed by atoms with Crippen molar-refractivity contribution in [2.75, 3.05) is 37.6 Å². The molecule has 3 heterocycles. The van der Waals surface area contributed by atoms with Crippen LogP contribution in [0.25, 0.3) is 10.9 Å². The van der Waals surface area contributed by atoms with Gasteiger partial charge in [0, 0.05) is 59.3 Å². The van der Waals surface area contributed by atoms with Gasteiger partial charge in [-0.2, -0.15) is 29.1 Å². The fourth-order valence-electron chi connectivity index (χ4n) is 5.96. The molecule has 232 valence electrons. The van der Waals surface area contributed by atoms with Crippen molar-refractivity contribution in [3.63, 3.8) is 0 Å². The molecule has 3 aromatic rings. The van der Waals surface area contributed by atoms with Crippen molar-refractivity contribution in [2.45, 2.75) is 54.5 Å². The average Bonchev–Trinajstić information content (AvgIpc) is 3.10. The van der Waals surface area contributed by atoms with Crippen molar-refractivity contribution in [3.05, 3.63) is 70.7 Å². The van der Waals surface area contributed by atoms with E-state index < -0.39 is 46.1 Å². The highest BCUT2D eigenvalue weighted by atomic mass is 32.2. The van der Waals surface area contributed by atoms with Gasteiger partial charge >= 0.3 is 11.9 Å². The van der Waals surface area contributed by atoms with E-state index >= 15 is 4.39 Å². The number of hydrogen-bond acceptors (Lipinski definition) is 6. The number of amides is 1. The molecule has 0 bridgehead atoms. The molecule has 1 aromatic heterocycles. The summed E-state index contributed by atoms with van der Waals surface area (Å²) in [5.74, 6) is -1.93. The van der Waals surface area contributed by atoms with Gasteiger partial charge in [-0.15, -0.1) is 0 Å². The Morgan fingerprint density at radius 2 is 1.81 bits per heavy atom. The lowest BCUT2D eigenvalue weighted by Crippen LogP contribution is -2.58. The summed E-state index contributed by atoms with van der Waals surface area (Å²) < 4.78 is 84.4. The van der Waals surface area contributed by atoms with Crippen LogP contribution in [0.5, 0.6) is 0 Å². The number of ether oxygens (including phenoxy) is 2. The summed E-state index contributed by atoms with van der Waals surface area (Å²) in [5, 5.41) is 0.0646. The minimum Gasteiger partial charge on any atom is -0.359 e. The highest BCUT2D eigenvalue weighted by molar-refractivity contribution is 8.17. The van der Waals surface area contributed by atoms with Crippen LogP contribution in [-0.2, 0) is 27.0 Å². The molecule has 2 aliphatic rings. The lowest BCUT2D eigenvalue weighted by Gasteiger charge is -2.44. The number of methoxy groups -OCH3 is 1. The summed E-state index contributed by atoms with van der Waals surface area (Å²) in [7, 11) is -0.524. The number of anilines is 1. The topological polar surface area (TPSA) is 76.9 Å². The lowest BCUT2D eigenvalue weighted by atomic mass is 10.1. The number of aromatic nitrogens is 2. The van der Waals surface area contributed by atoms with Crippen LogP contribution >= 0.6 is 10.9 Å². The van der Waals surface area contributed by atoms with Gasteiger partial charge in [-0.3, -0.25) is 9.36 Å². The van der Waals surface area contributed by atoms with Gasteiger partial charge in [0.2, 0.25) is 5.91 Å². The molecule has 2 aromatic carbocycles. The van der Waals surface area contributed by atoms with Gasteiger partial charge in [0.15, 0.2) is 0 Å². The number of carbonyl (C=O) groups excluding carboxylic acids is 1. The number of rotatable bonds is 6. The molecule has 1 fully saturated rings. The van der Waals surface area contributed by atoms with E-state index in [1.807, 2.05) is 0 Å². The number of thiol groups is 1. The molecule has 43 heavy (non-hydrogen) atoms. The first kappa shape index (κ1) is 31.0. The van der Waals surface area contributed by atoms with Crippen molar-refractivity contribution in [3.8, 4) is 0 Å². The molecule has 0 N–H and O–H groups in total. The molecule has 0 saturated carbocycles. The number of nitrogens with zero attached hydrogens (tertiary/aromatic N) is 4. The van der Waals surface area contributed by atoms with Crippen molar-refractivity contribution in [1.29, 1.82) is 0 Å². The van der Waals surface area contributed by atoms with Gasteiger partial charge in [-0.05, 0) is 44.2 Å². The molecule has 1 saturated heterocycles. The third-order valence-electron chi connectivity index (χ3n) is 7.69. The third kappa shape index (κ3) is 5.87. The maximum absolute atomic E-state index is 15.3. The quantitative estimate of drug-likeness (QED) is 0.185. The summed E-state index contributed by atoms with van der Waals surface area (Å²) in [6.07, 6.45) is -4.33. The van der Waals surface area contributed by atoms with E-state index in [1.165, 1.54) is 23.8 Å². The molecule has 4 atom stereocenters. The molecule has 8 nitrogen and oxygen atoms in total. The van der Waals surface area contributed by atoms with Crippen LogP contribution in [0.1, 0.15) is 19.4 Å². The second-order valence-corrected chi connectivity index (χ2v) is 12.9. The van der Waals surface area contributed by atoms with Crippen LogP contribution in [0.15, 0.2) is 57.6 Å². The minimum atomic E-state index is -4.78. The van der Waals surface area contributed by atoms with Crippen LogP contribution in [-0.4, -0.2) is 71.3 Å². The lowest BCUT2D eigenvalue weighted by molar-refractivity contribution is -0.137. The summed E-state index contributed by atoms with van der Waals surface area (Å²) in [6, 6.07) is 4.14. The Morgan fingerprint density at radius 1 is 1.12 bits per heavy atom. The molecule has 1 unspecified atom stereocenters. The Kier molecular flexibility index (Phi) is 8.56. The Morgan fingerprint density at radius 3 is 2.42 bits per heavy atom. The van der Waals surface area contributed by atoms with Crippen LogP contribution < -0.4 is 10.6 Å². The standard InChI is InChI=1S/C29H31F5N4O4S/c1-5-25(39)38-16(2)11-36(12-17(38)3)27-21-8-18(29(32,33)34)9-24-26(21)37(28(40)35-27)13-20(42-15-41-4)14-43(24)23-7-6-19(30)10-22(23)31/h5-10,16-17,20,43H,1,11-15H2,2-4H3/t16-,17+,20-/m1/s1. The van der Waals surface area contributed by atoms with Gasteiger partial charge in [-0.1, -0.05) is 6.58 Å². The van der Waals surface area contributed by atoms with Crippen LogP contribution in [0.3, 0.4) is 0 Å². The van der Waals surface area contributed by atoms with E-state index in [2.05, 4.69) is 11.6 Å². The van der Waals surface area contributed by atoms with E-state index in [1.54, 1.807) is 23.6 Å². The molecular formula is C29H31F5N4O4S. The zero-order valence-corrected chi connectivity index (χ0v) is 24.6. The summed E-state index contributed by atoms with van der Waals surface area (Å²) in [5.41, 5.74) is -1.52. The fourth-order valence-corrected chi connectivity index (χ4v) is 8.61. The Bertz CT molecular complexity index is 1620. The highest BCUT2D eigenvalue weighted by Gasteiger charge is 2.38. The number of hydrogen-bond donors (Lipinski definition) is 1. The number of halogens is 5. The number of carbonyl (C=O) groups is 1. The number of alkyl halides is 3. The van der Waals surface area contributed by atoms with Crippen LogP contribution in [0.4, 0.5) is 27.8 Å². The Labute approximate surface area is 247 Å². The van der Waals surface area contributed by atoms with Gasteiger partial charge in [-0.25, -0.2) is 13.6 Å². The van der Waals surface area contributed by atoms with E-state index in [0.717, 1.165) is 18.2 Å². The van der Waals surface area contributed by atoms with Gasteiger partial charge in [0.25, 0.3) is 0 Å². The van der Waals surface area contributed by atoms with E-state index in [4.69, 9.17) is 9.47 Å². The molecule has 0 aliphatic carbocycles. The van der Waals surface area contributed by atoms with Crippen molar-refractivity contribution in [2.24, 2.45) is 0 Å². The molecule has 5 rings (SSSR count). The van der Waals surface area contributed by atoms with Crippen LogP contribution in [0, 0.1) is 11.6 Å². The normalized spacial score (nSPS) is 23.3. The van der Waals surface area contributed by atoms with Gasteiger partial charge < -0.3 is 19.3 Å². The summed E-state index contributed by atoms with van der Waals surface area (Å²) in [4.78, 5) is 33.8. The summed E-state index contributed by atoms with van der Waals surface area (Å²) in [6.45, 7) is 7.29. The molecule has 14 heteroatoms. The maximum atomic E-state index is 15.3. The van der Waals surface area contributed by atoms with Crippen molar-refractivity contribution >= 4 is 33.5 Å². The third-order valence-corrected chi connectivity index (χ3v) is 10.3. The Hall–Kier alpha value is -3.49. The van der Waals surface area contributed by atoms with Crippen LogP contribution in [0.2, 0.25) is 0 Å². The number of piperazine rings is 1. The first-order valence-electron chi connectivity index (χ1n) is 13.5. The zero-order chi connectivity index (χ0) is 31.2. The highest BCUT2D eigenvalue weighted by Crippen LogP contribution is 2.52. The first-order chi connectivity index (χ1) is 20.3. The fraction of sp³-hybridized carbons (Fsp3) is 0.414. The average molecular weight is 627 g/mol. The molecule has 1 amide bonds. The van der Waals surface area contributed by atoms with E-state index in [-0.39, 0.29) is 76.7 Å². The maximum Gasteiger partial charge on any atom is 0.416 e. The van der Waals surface area contributed by atoms with E-state index in [0.29, 0.717) is 6.07 Å².